The fourth-order valence-corrected chi connectivity index (χ4v) is 2.68. The Bertz CT molecular complexity index is 866. The zero-order valence-corrected chi connectivity index (χ0v) is 15.2. The Kier molecular flexibility index (Phi) is 4.40. The molecule has 8 heteroatoms. The van der Waals surface area contributed by atoms with Crippen molar-refractivity contribution in [3.05, 3.63) is 35.9 Å². The number of aromatic nitrogens is 5. The molecule has 26 heavy (non-hydrogen) atoms. The summed E-state index contributed by atoms with van der Waals surface area (Å²) >= 11 is 0. The molecule has 3 aromatic rings. The van der Waals surface area contributed by atoms with Crippen molar-refractivity contribution in [2.75, 3.05) is 11.9 Å². The smallest absolute Gasteiger partial charge is 0.259 e. The summed E-state index contributed by atoms with van der Waals surface area (Å²) in [5.74, 6) is 4.41. The van der Waals surface area contributed by atoms with Crippen LogP contribution in [0.5, 0.6) is 0 Å². The first-order chi connectivity index (χ1) is 12.6. The molecular formula is C18H22N6O2. The summed E-state index contributed by atoms with van der Waals surface area (Å²) in [7, 11) is 1.95. The molecule has 1 saturated carbocycles. The first kappa shape index (κ1) is 16.7. The molecule has 0 aliphatic heterocycles. The number of rotatable bonds is 7. The Morgan fingerprint density at radius 2 is 1.92 bits per heavy atom. The van der Waals surface area contributed by atoms with Crippen LogP contribution in [0.1, 0.15) is 50.1 Å². The molecule has 0 saturated heterocycles. The van der Waals surface area contributed by atoms with Crippen molar-refractivity contribution >= 4 is 5.82 Å². The van der Waals surface area contributed by atoms with Crippen LogP contribution >= 0.6 is 0 Å². The highest BCUT2D eigenvalue weighted by Gasteiger charge is 2.29. The molecule has 0 N–H and O–H groups in total. The largest absolute Gasteiger partial charge is 0.352 e. The van der Waals surface area contributed by atoms with E-state index in [1.165, 1.54) is 0 Å². The van der Waals surface area contributed by atoms with Crippen LogP contribution in [0.3, 0.4) is 0 Å². The van der Waals surface area contributed by atoms with E-state index < -0.39 is 0 Å². The Labute approximate surface area is 151 Å². The Hall–Kier alpha value is -2.77. The summed E-state index contributed by atoms with van der Waals surface area (Å²) in [6.07, 6.45) is 4.83. The minimum Gasteiger partial charge on any atom is -0.352 e. The number of hydrogen-bond acceptors (Lipinski definition) is 8. The van der Waals surface area contributed by atoms with E-state index in [2.05, 4.69) is 39.1 Å². The molecule has 3 aromatic heterocycles. The van der Waals surface area contributed by atoms with Crippen LogP contribution < -0.4 is 4.90 Å². The van der Waals surface area contributed by atoms with Gasteiger partial charge in [-0.1, -0.05) is 24.2 Å². The first-order valence-electron chi connectivity index (χ1n) is 8.91. The van der Waals surface area contributed by atoms with Crippen molar-refractivity contribution in [2.24, 2.45) is 5.92 Å². The SMILES string of the molecule is CC(C)Cc1noc(-c2ccc(N(C)Cc3noc(C4CC4)n3)nc2)n1. The third-order valence-corrected chi connectivity index (χ3v) is 4.23. The zero-order valence-electron chi connectivity index (χ0n) is 15.2. The molecule has 8 nitrogen and oxygen atoms in total. The molecule has 1 aliphatic carbocycles. The molecule has 3 heterocycles. The maximum absolute atomic E-state index is 5.33. The van der Waals surface area contributed by atoms with Crippen molar-refractivity contribution in [3.63, 3.8) is 0 Å². The summed E-state index contributed by atoms with van der Waals surface area (Å²) in [5, 5.41) is 8.06. The summed E-state index contributed by atoms with van der Waals surface area (Å²) in [6, 6.07) is 3.85. The lowest BCUT2D eigenvalue weighted by Crippen LogP contribution is -2.18. The predicted octanol–water partition coefficient (Wildman–Crippen LogP) is 3.23. The maximum atomic E-state index is 5.33. The monoisotopic (exact) mass is 354 g/mol. The van der Waals surface area contributed by atoms with Crippen LogP contribution in [0.25, 0.3) is 11.5 Å². The topological polar surface area (TPSA) is 94.0 Å². The van der Waals surface area contributed by atoms with Crippen molar-refractivity contribution in [1.29, 1.82) is 0 Å². The molecule has 0 radical (unpaired) electrons. The minimum atomic E-state index is 0.467. The lowest BCUT2D eigenvalue weighted by molar-refractivity contribution is 0.374. The van der Waals surface area contributed by atoms with E-state index in [1.807, 2.05) is 24.1 Å². The van der Waals surface area contributed by atoms with Crippen LogP contribution in [-0.2, 0) is 13.0 Å². The van der Waals surface area contributed by atoms with E-state index >= 15 is 0 Å². The van der Waals surface area contributed by atoms with Crippen LogP contribution in [0.2, 0.25) is 0 Å². The van der Waals surface area contributed by atoms with Crippen LogP contribution in [0.15, 0.2) is 27.4 Å². The second-order valence-electron chi connectivity index (χ2n) is 7.20. The fourth-order valence-electron chi connectivity index (χ4n) is 2.68. The molecule has 0 unspecified atom stereocenters. The zero-order chi connectivity index (χ0) is 18.1. The van der Waals surface area contributed by atoms with E-state index in [1.54, 1.807) is 6.20 Å². The van der Waals surface area contributed by atoms with E-state index in [0.717, 1.165) is 42.4 Å². The summed E-state index contributed by atoms with van der Waals surface area (Å²) in [5.41, 5.74) is 0.806. The van der Waals surface area contributed by atoms with Gasteiger partial charge in [-0.2, -0.15) is 9.97 Å². The van der Waals surface area contributed by atoms with Gasteiger partial charge in [0.1, 0.15) is 5.82 Å². The van der Waals surface area contributed by atoms with Gasteiger partial charge in [0, 0.05) is 25.6 Å². The lowest BCUT2D eigenvalue weighted by atomic mass is 10.1. The average Bonchev–Trinajstić information content (AvgIpc) is 3.20. The first-order valence-corrected chi connectivity index (χ1v) is 8.91. The Balaban J connectivity index is 1.41. The lowest BCUT2D eigenvalue weighted by Gasteiger charge is -2.15. The summed E-state index contributed by atoms with van der Waals surface area (Å²) in [6.45, 7) is 4.79. The molecule has 0 aromatic carbocycles. The van der Waals surface area contributed by atoms with Gasteiger partial charge in [0.25, 0.3) is 5.89 Å². The molecule has 136 valence electrons. The van der Waals surface area contributed by atoms with E-state index in [4.69, 9.17) is 9.05 Å². The van der Waals surface area contributed by atoms with Gasteiger partial charge in [-0.15, -0.1) is 0 Å². The number of pyridine rings is 1. The van der Waals surface area contributed by atoms with Gasteiger partial charge in [-0.3, -0.25) is 0 Å². The normalized spacial score (nSPS) is 14.2. The van der Waals surface area contributed by atoms with Crippen molar-refractivity contribution in [2.45, 2.75) is 45.6 Å². The summed E-state index contributed by atoms with van der Waals surface area (Å²) < 4.78 is 10.6. The van der Waals surface area contributed by atoms with Gasteiger partial charge in [-0.05, 0) is 30.9 Å². The molecule has 1 aliphatic rings. The van der Waals surface area contributed by atoms with Gasteiger partial charge in [0.2, 0.25) is 5.89 Å². The van der Waals surface area contributed by atoms with Crippen LogP contribution in [-0.4, -0.2) is 32.3 Å². The quantitative estimate of drug-likeness (QED) is 0.638. The Morgan fingerprint density at radius 3 is 2.62 bits per heavy atom. The third kappa shape index (κ3) is 3.74. The molecule has 4 rings (SSSR count). The average molecular weight is 354 g/mol. The number of hydrogen-bond donors (Lipinski definition) is 0. The van der Waals surface area contributed by atoms with Gasteiger partial charge in [-0.25, -0.2) is 4.98 Å². The van der Waals surface area contributed by atoms with Crippen molar-refractivity contribution in [1.82, 2.24) is 25.3 Å². The highest BCUT2D eigenvalue weighted by Crippen LogP contribution is 2.38. The fraction of sp³-hybridized carbons (Fsp3) is 0.500. The Morgan fingerprint density at radius 1 is 1.12 bits per heavy atom. The predicted molar refractivity (Wildman–Crippen MR) is 94.5 cm³/mol. The van der Waals surface area contributed by atoms with E-state index in [-0.39, 0.29) is 0 Å². The molecule has 0 bridgehead atoms. The summed E-state index contributed by atoms with van der Waals surface area (Å²) in [4.78, 5) is 15.3. The number of anilines is 1. The molecule has 0 spiro atoms. The van der Waals surface area contributed by atoms with Gasteiger partial charge in [0.05, 0.1) is 12.1 Å². The van der Waals surface area contributed by atoms with Gasteiger partial charge >= 0.3 is 0 Å². The second-order valence-corrected chi connectivity index (χ2v) is 7.20. The maximum Gasteiger partial charge on any atom is 0.259 e. The minimum absolute atomic E-state index is 0.467. The van der Waals surface area contributed by atoms with Crippen LogP contribution in [0.4, 0.5) is 5.82 Å². The second kappa shape index (κ2) is 6.86. The van der Waals surface area contributed by atoms with E-state index in [0.29, 0.717) is 30.1 Å². The molecule has 0 atom stereocenters. The molecule has 1 fully saturated rings. The van der Waals surface area contributed by atoms with Crippen molar-refractivity contribution < 1.29 is 9.05 Å². The third-order valence-electron chi connectivity index (χ3n) is 4.23. The molecular weight excluding hydrogens is 332 g/mol. The highest BCUT2D eigenvalue weighted by molar-refractivity contribution is 5.54. The van der Waals surface area contributed by atoms with Gasteiger partial charge < -0.3 is 13.9 Å². The van der Waals surface area contributed by atoms with Gasteiger partial charge in [0.15, 0.2) is 11.6 Å². The number of nitrogens with zero attached hydrogens (tertiary/aromatic N) is 6. The van der Waals surface area contributed by atoms with Crippen molar-refractivity contribution in [3.8, 4) is 11.5 Å². The standard InChI is InChI=1S/C18H22N6O2/c1-11(2)8-14-20-18(26-22-14)13-6-7-16(19-9-13)24(3)10-15-21-17(25-23-15)12-4-5-12/h6-7,9,11-12H,4-5,8,10H2,1-3H3. The highest BCUT2D eigenvalue weighted by atomic mass is 16.5. The van der Waals surface area contributed by atoms with Crippen LogP contribution in [0, 0.1) is 5.92 Å². The molecule has 0 amide bonds. The van der Waals surface area contributed by atoms with E-state index in [9.17, 15) is 0 Å².